The fraction of sp³-hybridized carbons (Fsp3) is 0.706. The molecule has 150 valence electrons. The number of halogens is 1. The standard InChI is InChI=1S/C17H30N4O2S2.HI/c1-4-17(9-7-10-17)14-20-16(18-5-2)19-11-12-21(3)25(22,23)15-8-6-13-24-15;/h6,8,13H,4-5,7,9-12,14H2,1-3H3,(H2,18,19,20);1H. The molecule has 2 N–H and O–H groups in total. The highest BCUT2D eigenvalue weighted by atomic mass is 127. The van der Waals surface area contributed by atoms with Crippen molar-refractivity contribution >= 4 is 51.3 Å². The lowest BCUT2D eigenvalue weighted by molar-refractivity contribution is 0.139. The van der Waals surface area contributed by atoms with E-state index in [0.29, 0.717) is 22.7 Å². The average molecular weight is 514 g/mol. The van der Waals surface area contributed by atoms with Crippen LogP contribution >= 0.6 is 35.3 Å². The van der Waals surface area contributed by atoms with E-state index in [1.807, 2.05) is 6.92 Å². The quantitative estimate of drug-likeness (QED) is 0.302. The van der Waals surface area contributed by atoms with E-state index in [9.17, 15) is 8.42 Å². The summed E-state index contributed by atoms with van der Waals surface area (Å²) < 4.78 is 26.6. The maximum Gasteiger partial charge on any atom is 0.252 e. The molecule has 1 fully saturated rings. The van der Waals surface area contributed by atoms with Crippen LogP contribution in [-0.2, 0) is 10.0 Å². The third-order valence-electron chi connectivity index (χ3n) is 4.96. The van der Waals surface area contributed by atoms with Gasteiger partial charge >= 0.3 is 0 Å². The first-order valence-electron chi connectivity index (χ1n) is 8.95. The summed E-state index contributed by atoms with van der Waals surface area (Å²) in [6.45, 7) is 6.80. The number of hydrogen-bond acceptors (Lipinski definition) is 4. The fourth-order valence-corrected chi connectivity index (χ4v) is 5.28. The number of sulfonamides is 1. The van der Waals surface area contributed by atoms with Gasteiger partial charge in [-0.15, -0.1) is 35.3 Å². The minimum absolute atomic E-state index is 0. The van der Waals surface area contributed by atoms with Crippen LogP contribution in [0.15, 0.2) is 26.7 Å². The highest BCUT2D eigenvalue weighted by molar-refractivity contribution is 14.0. The number of likely N-dealkylation sites (N-methyl/N-ethyl adjacent to an activating group) is 1. The van der Waals surface area contributed by atoms with Gasteiger partial charge in [0.25, 0.3) is 10.0 Å². The Labute approximate surface area is 178 Å². The molecular formula is C17H31IN4O2S2. The summed E-state index contributed by atoms with van der Waals surface area (Å²) in [5.41, 5.74) is 0.377. The largest absolute Gasteiger partial charge is 0.357 e. The van der Waals surface area contributed by atoms with Gasteiger partial charge in [-0.3, -0.25) is 4.99 Å². The molecule has 0 spiro atoms. The second kappa shape index (κ2) is 10.8. The topological polar surface area (TPSA) is 73.8 Å². The van der Waals surface area contributed by atoms with Crippen LogP contribution in [0.25, 0.3) is 0 Å². The third kappa shape index (κ3) is 6.07. The lowest BCUT2D eigenvalue weighted by Crippen LogP contribution is -2.43. The van der Waals surface area contributed by atoms with Crippen molar-refractivity contribution in [1.29, 1.82) is 0 Å². The van der Waals surface area contributed by atoms with Crippen molar-refractivity contribution in [3.05, 3.63) is 17.5 Å². The minimum Gasteiger partial charge on any atom is -0.357 e. The van der Waals surface area contributed by atoms with Gasteiger partial charge in [-0.05, 0) is 43.0 Å². The lowest BCUT2D eigenvalue weighted by atomic mass is 9.67. The molecule has 0 aromatic carbocycles. The van der Waals surface area contributed by atoms with E-state index >= 15 is 0 Å². The van der Waals surface area contributed by atoms with E-state index in [-0.39, 0.29) is 24.0 Å². The Morgan fingerprint density at radius 2 is 2.08 bits per heavy atom. The predicted octanol–water partition coefficient (Wildman–Crippen LogP) is 3.12. The molecule has 0 amide bonds. The van der Waals surface area contributed by atoms with Gasteiger partial charge in [0.15, 0.2) is 5.96 Å². The minimum atomic E-state index is -3.39. The summed E-state index contributed by atoms with van der Waals surface area (Å²) in [5.74, 6) is 0.768. The molecule has 1 aliphatic carbocycles. The first-order chi connectivity index (χ1) is 11.9. The fourth-order valence-electron chi connectivity index (χ4n) is 2.90. The lowest BCUT2D eigenvalue weighted by Gasteiger charge is -2.40. The van der Waals surface area contributed by atoms with Gasteiger partial charge < -0.3 is 10.6 Å². The Bertz CT molecular complexity index is 653. The van der Waals surface area contributed by atoms with Gasteiger partial charge in [-0.1, -0.05) is 19.4 Å². The van der Waals surface area contributed by atoms with Crippen LogP contribution in [0, 0.1) is 5.41 Å². The SMILES string of the molecule is CCNC(=NCC1(CC)CCC1)NCCN(C)S(=O)(=O)c1cccs1.I. The zero-order valence-corrected chi connectivity index (χ0v) is 19.8. The average Bonchev–Trinajstić information content (AvgIpc) is 3.09. The molecule has 26 heavy (non-hydrogen) atoms. The molecule has 1 saturated carbocycles. The molecule has 1 aromatic heterocycles. The van der Waals surface area contributed by atoms with Gasteiger partial charge in [0, 0.05) is 33.2 Å². The summed E-state index contributed by atoms with van der Waals surface area (Å²) >= 11 is 1.24. The van der Waals surface area contributed by atoms with Crippen LogP contribution in [0.5, 0.6) is 0 Å². The zero-order valence-electron chi connectivity index (χ0n) is 15.8. The van der Waals surface area contributed by atoms with Gasteiger partial charge in [0.05, 0.1) is 0 Å². The van der Waals surface area contributed by atoms with Crippen molar-refractivity contribution in [2.24, 2.45) is 10.4 Å². The van der Waals surface area contributed by atoms with Crippen molar-refractivity contribution in [2.45, 2.75) is 43.7 Å². The number of aliphatic imine (C=N–C) groups is 1. The molecule has 9 heteroatoms. The van der Waals surface area contributed by atoms with Crippen molar-refractivity contribution in [3.63, 3.8) is 0 Å². The second-order valence-corrected chi connectivity index (χ2v) is 9.81. The zero-order chi connectivity index (χ0) is 18.3. The molecular weight excluding hydrogens is 483 g/mol. The maximum absolute atomic E-state index is 12.4. The molecule has 0 radical (unpaired) electrons. The van der Waals surface area contributed by atoms with Gasteiger partial charge in [0.1, 0.15) is 4.21 Å². The van der Waals surface area contributed by atoms with E-state index in [4.69, 9.17) is 4.99 Å². The monoisotopic (exact) mass is 514 g/mol. The maximum atomic E-state index is 12.4. The normalized spacial score (nSPS) is 16.7. The number of nitrogens with zero attached hydrogens (tertiary/aromatic N) is 2. The van der Waals surface area contributed by atoms with Crippen LogP contribution in [0.1, 0.15) is 39.5 Å². The van der Waals surface area contributed by atoms with E-state index < -0.39 is 10.0 Å². The van der Waals surface area contributed by atoms with Crippen molar-refractivity contribution < 1.29 is 8.42 Å². The molecule has 0 bridgehead atoms. The highest BCUT2D eigenvalue weighted by Crippen LogP contribution is 2.43. The van der Waals surface area contributed by atoms with Crippen molar-refractivity contribution in [2.75, 3.05) is 33.2 Å². The molecule has 0 atom stereocenters. The molecule has 1 aliphatic rings. The Hall–Kier alpha value is -0.390. The third-order valence-corrected chi connectivity index (χ3v) is 8.19. The first kappa shape index (κ1) is 23.6. The van der Waals surface area contributed by atoms with Crippen LogP contribution < -0.4 is 10.6 Å². The van der Waals surface area contributed by atoms with Crippen LogP contribution in [-0.4, -0.2) is 51.9 Å². The Morgan fingerprint density at radius 1 is 1.35 bits per heavy atom. The Balaban J connectivity index is 0.00000338. The van der Waals surface area contributed by atoms with Gasteiger partial charge in [-0.25, -0.2) is 8.42 Å². The van der Waals surface area contributed by atoms with E-state index in [2.05, 4.69) is 17.6 Å². The van der Waals surface area contributed by atoms with Gasteiger partial charge in [0.2, 0.25) is 0 Å². The molecule has 2 rings (SSSR count). The van der Waals surface area contributed by atoms with Crippen LogP contribution in [0.2, 0.25) is 0 Å². The summed E-state index contributed by atoms with van der Waals surface area (Å²) in [5, 5.41) is 8.27. The molecule has 0 unspecified atom stereocenters. The number of hydrogen-bond donors (Lipinski definition) is 2. The summed E-state index contributed by atoms with van der Waals surface area (Å²) in [6, 6.07) is 3.39. The Morgan fingerprint density at radius 3 is 2.58 bits per heavy atom. The summed E-state index contributed by atoms with van der Waals surface area (Å²) in [4.78, 5) is 4.72. The van der Waals surface area contributed by atoms with Crippen LogP contribution in [0.4, 0.5) is 0 Å². The highest BCUT2D eigenvalue weighted by Gasteiger charge is 2.34. The first-order valence-corrected chi connectivity index (χ1v) is 11.3. The second-order valence-electron chi connectivity index (χ2n) is 6.59. The van der Waals surface area contributed by atoms with Crippen LogP contribution in [0.3, 0.4) is 0 Å². The molecule has 1 aromatic rings. The number of rotatable bonds is 9. The molecule has 1 heterocycles. The molecule has 0 aliphatic heterocycles. The predicted molar refractivity (Wildman–Crippen MR) is 120 cm³/mol. The number of guanidine groups is 1. The number of nitrogens with one attached hydrogen (secondary N) is 2. The van der Waals surface area contributed by atoms with Crippen molar-refractivity contribution in [3.8, 4) is 0 Å². The molecule has 6 nitrogen and oxygen atoms in total. The van der Waals surface area contributed by atoms with E-state index in [1.54, 1.807) is 24.6 Å². The van der Waals surface area contributed by atoms with Crippen molar-refractivity contribution in [1.82, 2.24) is 14.9 Å². The Kier molecular flexibility index (Phi) is 9.84. The summed E-state index contributed by atoms with van der Waals surface area (Å²) in [6.07, 6.45) is 4.98. The van der Waals surface area contributed by atoms with E-state index in [1.165, 1.54) is 34.9 Å². The van der Waals surface area contributed by atoms with E-state index in [0.717, 1.165) is 25.5 Å². The van der Waals surface area contributed by atoms with Gasteiger partial charge in [-0.2, -0.15) is 4.31 Å². The number of thiophene rings is 1. The smallest absolute Gasteiger partial charge is 0.252 e. The molecule has 0 saturated heterocycles. The summed E-state index contributed by atoms with van der Waals surface area (Å²) in [7, 11) is -1.78.